The van der Waals surface area contributed by atoms with E-state index in [-0.39, 0.29) is 12.1 Å². The number of thiophene rings is 1. The fourth-order valence-corrected chi connectivity index (χ4v) is 2.98. The molecular formula is C13H19NO2S. The molecular weight excluding hydrogens is 234 g/mol. The summed E-state index contributed by atoms with van der Waals surface area (Å²) >= 11 is 1.41. The second-order valence-electron chi connectivity index (χ2n) is 4.91. The fourth-order valence-electron chi connectivity index (χ4n) is 2.15. The molecule has 2 rings (SSSR count). The number of anilines is 1. The van der Waals surface area contributed by atoms with Crippen LogP contribution in [0.4, 0.5) is 5.69 Å². The van der Waals surface area contributed by atoms with Crippen molar-refractivity contribution in [3.8, 4) is 0 Å². The zero-order valence-corrected chi connectivity index (χ0v) is 11.2. The Labute approximate surface area is 106 Å². The molecule has 94 valence electrons. The lowest BCUT2D eigenvalue weighted by atomic mass is 9.89. The molecule has 0 aliphatic heterocycles. The van der Waals surface area contributed by atoms with Crippen molar-refractivity contribution >= 4 is 23.0 Å². The van der Waals surface area contributed by atoms with Crippen molar-refractivity contribution in [2.24, 2.45) is 5.92 Å². The Morgan fingerprint density at radius 2 is 2.06 bits per heavy atom. The Kier molecular flexibility index (Phi) is 3.72. The highest BCUT2D eigenvalue weighted by Crippen LogP contribution is 2.28. The quantitative estimate of drug-likeness (QED) is 0.822. The molecule has 0 atom stereocenters. The van der Waals surface area contributed by atoms with E-state index in [0.717, 1.165) is 36.5 Å². The van der Waals surface area contributed by atoms with Crippen molar-refractivity contribution in [1.29, 1.82) is 0 Å². The summed E-state index contributed by atoms with van der Waals surface area (Å²) < 4.78 is 5.51. The molecule has 1 fully saturated rings. The Bertz CT molecular complexity index is 386. The molecule has 1 aliphatic rings. The van der Waals surface area contributed by atoms with Gasteiger partial charge in [0.25, 0.3) is 0 Å². The number of carbonyl (C=O) groups excluding carboxylic acids is 1. The number of carbonyl (C=O) groups is 1. The largest absolute Gasteiger partial charge is 0.458 e. The Morgan fingerprint density at radius 3 is 2.59 bits per heavy atom. The molecule has 0 saturated heterocycles. The van der Waals surface area contributed by atoms with Crippen LogP contribution < -0.4 is 5.73 Å². The van der Waals surface area contributed by atoms with Gasteiger partial charge in [-0.15, -0.1) is 11.3 Å². The second-order valence-corrected chi connectivity index (χ2v) is 6.17. The minimum atomic E-state index is -0.214. The van der Waals surface area contributed by atoms with E-state index in [1.807, 2.05) is 6.92 Å². The van der Waals surface area contributed by atoms with E-state index in [4.69, 9.17) is 10.5 Å². The maximum absolute atomic E-state index is 11.9. The number of hydrogen-bond donors (Lipinski definition) is 1. The number of rotatable bonds is 2. The van der Waals surface area contributed by atoms with Gasteiger partial charge in [-0.05, 0) is 44.6 Å². The first-order chi connectivity index (χ1) is 8.06. The average Bonchev–Trinajstić information content (AvgIpc) is 2.63. The monoisotopic (exact) mass is 253 g/mol. The van der Waals surface area contributed by atoms with Crippen LogP contribution in [0.3, 0.4) is 0 Å². The van der Waals surface area contributed by atoms with Crippen molar-refractivity contribution in [2.45, 2.75) is 45.6 Å². The van der Waals surface area contributed by atoms with Crippen molar-refractivity contribution in [3.63, 3.8) is 0 Å². The second kappa shape index (κ2) is 5.08. The van der Waals surface area contributed by atoms with Gasteiger partial charge in [-0.3, -0.25) is 0 Å². The molecule has 1 aromatic rings. The Morgan fingerprint density at radius 1 is 1.41 bits per heavy atom. The fraction of sp³-hybridized carbons (Fsp3) is 0.615. The molecule has 0 spiro atoms. The van der Waals surface area contributed by atoms with Crippen molar-refractivity contribution in [2.75, 3.05) is 5.73 Å². The number of ether oxygens (including phenoxy) is 1. The van der Waals surface area contributed by atoms with Gasteiger partial charge in [0.2, 0.25) is 0 Å². The highest BCUT2D eigenvalue weighted by atomic mass is 32.1. The summed E-state index contributed by atoms with van der Waals surface area (Å²) in [4.78, 5) is 13.5. The van der Waals surface area contributed by atoms with Gasteiger partial charge in [-0.25, -0.2) is 4.79 Å². The van der Waals surface area contributed by atoms with E-state index in [2.05, 4.69) is 6.92 Å². The van der Waals surface area contributed by atoms with Crippen molar-refractivity contribution in [1.82, 2.24) is 0 Å². The summed E-state index contributed by atoms with van der Waals surface area (Å²) in [5.74, 6) is 0.555. The lowest BCUT2D eigenvalue weighted by molar-refractivity contribution is 0.0179. The van der Waals surface area contributed by atoms with Crippen LogP contribution in [-0.2, 0) is 4.74 Å². The molecule has 1 aromatic heterocycles. The number of nitrogen functional groups attached to an aromatic ring is 1. The van der Waals surface area contributed by atoms with Gasteiger partial charge < -0.3 is 10.5 Å². The molecule has 0 aromatic carbocycles. The van der Waals surface area contributed by atoms with Crippen molar-refractivity contribution < 1.29 is 9.53 Å². The summed E-state index contributed by atoms with van der Waals surface area (Å²) in [6.45, 7) is 4.17. The van der Waals surface area contributed by atoms with E-state index in [1.54, 1.807) is 6.07 Å². The van der Waals surface area contributed by atoms with Crippen molar-refractivity contribution in [3.05, 3.63) is 15.8 Å². The summed E-state index contributed by atoms with van der Waals surface area (Å²) in [5.41, 5.74) is 6.41. The van der Waals surface area contributed by atoms with E-state index in [9.17, 15) is 4.79 Å². The van der Waals surface area contributed by atoms with Crippen LogP contribution in [0.2, 0.25) is 0 Å². The maximum atomic E-state index is 11.9. The summed E-state index contributed by atoms with van der Waals surface area (Å²) in [6.07, 6.45) is 4.40. The molecule has 4 heteroatoms. The van der Waals surface area contributed by atoms with Crippen LogP contribution in [0.1, 0.15) is 47.2 Å². The molecule has 1 saturated carbocycles. The molecule has 0 bridgehead atoms. The third-order valence-electron chi connectivity index (χ3n) is 3.39. The molecule has 1 heterocycles. The van der Waals surface area contributed by atoms with Gasteiger partial charge in [0.05, 0.1) is 0 Å². The number of nitrogens with two attached hydrogens (primary N) is 1. The Balaban J connectivity index is 1.93. The zero-order valence-electron chi connectivity index (χ0n) is 10.4. The maximum Gasteiger partial charge on any atom is 0.348 e. The van der Waals surface area contributed by atoms with E-state index in [1.165, 1.54) is 11.3 Å². The van der Waals surface area contributed by atoms with Gasteiger partial charge in [-0.1, -0.05) is 6.92 Å². The number of esters is 1. The van der Waals surface area contributed by atoms with Gasteiger partial charge in [0, 0.05) is 10.6 Å². The molecule has 0 unspecified atom stereocenters. The average molecular weight is 253 g/mol. The first-order valence-electron chi connectivity index (χ1n) is 6.13. The third-order valence-corrected chi connectivity index (χ3v) is 4.44. The van der Waals surface area contributed by atoms with Gasteiger partial charge in [0.1, 0.15) is 11.0 Å². The summed E-state index contributed by atoms with van der Waals surface area (Å²) in [7, 11) is 0. The molecule has 3 nitrogen and oxygen atoms in total. The summed E-state index contributed by atoms with van der Waals surface area (Å²) in [6, 6.07) is 1.72. The lowest BCUT2D eigenvalue weighted by Crippen LogP contribution is -2.23. The first kappa shape index (κ1) is 12.4. The predicted molar refractivity (Wildman–Crippen MR) is 70.3 cm³/mol. The number of aryl methyl sites for hydroxylation is 1. The topological polar surface area (TPSA) is 52.3 Å². The highest BCUT2D eigenvalue weighted by Gasteiger charge is 2.23. The van der Waals surface area contributed by atoms with Gasteiger partial charge in [0.15, 0.2) is 0 Å². The SMILES string of the molecule is Cc1sc(C(=O)OC2CCC(C)CC2)cc1N. The normalized spacial score (nSPS) is 24.6. The lowest BCUT2D eigenvalue weighted by Gasteiger charge is -2.25. The minimum Gasteiger partial charge on any atom is -0.458 e. The minimum absolute atomic E-state index is 0.0994. The van der Waals surface area contributed by atoms with Crippen LogP contribution >= 0.6 is 11.3 Å². The zero-order chi connectivity index (χ0) is 12.4. The van der Waals surface area contributed by atoms with Gasteiger partial charge in [-0.2, -0.15) is 0 Å². The van der Waals surface area contributed by atoms with E-state index >= 15 is 0 Å². The molecule has 0 amide bonds. The first-order valence-corrected chi connectivity index (χ1v) is 6.95. The van der Waals surface area contributed by atoms with Crippen LogP contribution in [0.5, 0.6) is 0 Å². The molecule has 2 N–H and O–H groups in total. The van der Waals surface area contributed by atoms with Crippen LogP contribution in [0, 0.1) is 12.8 Å². The van der Waals surface area contributed by atoms with E-state index in [0.29, 0.717) is 10.6 Å². The highest BCUT2D eigenvalue weighted by molar-refractivity contribution is 7.14. The van der Waals surface area contributed by atoms with Crippen LogP contribution in [0.25, 0.3) is 0 Å². The standard InChI is InChI=1S/C13H19NO2S/c1-8-3-5-10(6-4-8)16-13(15)12-7-11(14)9(2)17-12/h7-8,10H,3-6,14H2,1-2H3. The number of hydrogen-bond acceptors (Lipinski definition) is 4. The predicted octanol–water partition coefficient (Wildman–Crippen LogP) is 3.37. The van der Waals surface area contributed by atoms with E-state index < -0.39 is 0 Å². The molecule has 0 radical (unpaired) electrons. The van der Waals surface area contributed by atoms with Crippen LogP contribution in [0.15, 0.2) is 6.07 Å². The summed E-state index contributed by atoms with van der Waals surface area (Å²) in [5, 5.41) is 0. The molecule has 17 heavy (non-hydrogen) atoms. The molecule has 1 aliphatic carbocycles. The van der Waals surface area contributed by atoms with Gasteiger partial charge >= 0.3 is 5.97 Å². The third kappa shape index (κ3) is 3.00. The Hall–Kier alpha value is -1.03. The smallest absolute Gasteiger partial charge is 0.348 e. The van der Waals surface area contributed by atoms with Crippen LogP contribution in [-0.4, -0.2) is 12.1 Å².